The van der Waals surface area contributed by atoms with Crippen LogP contribution in [0.2, 0.25) is 0 Å². The summed E-state index contributed by atoms with van der Waals surface area (Å²) in [6.07, 6.45) is -8.88. The van der Waals surface area contributed by atoms with E-state index in [0.717, 1.165) is 11.1 Å². The number of aliphatic hydroxyl groups excluding tert-OH is 2. The van der Waals surface area contributed by atoms with Crippen LogP contribution in [-0.4, -0.2) is 83.2 Å². The number of hydrogen-bond donors (Lipinski definition) is 2. The molecule has 4 saturated heterocycles. The summed E-state index contributed by atoms with van der Waals surface area (Å²) in [6.45, 7) is 7.72. The van der Waals surface area contributed by atoms with Crippen LogP contribution >= 0.6 is 0 Å². The Morgan fingerprint density at radius 3 is 1.38 bits per heavy atom. The first kappa shape index (κ1) is 28.2. The van der Waals surface area contributed by atoms with Crippen LogP contribution in [0, 0.1) is 0 Å². The summed E-state index contributed by atoms with van der Waals surface area (Å²) >= 11 is 0. The molecule has 0 aromatic heterocycles. The first-order valence-corrected chi connectivity index (χ1v) is 13.8. The lowest BCUT2D eigenvalue weighted by Gasteiger charge is -2.34. The lowest BCUT2D eigenvalue weighted by molar-refractivity contribution is -0.256. The van der Waals surface area contributed by atoms with Crippen molar-refractivity contribution in [3.8, 4) is 0 Å². The van der Waals surface area contributed by atoms with Crippen molar-refractivity contribution in [2.75, 3.05) is 0 Å². The third kappa shape index (κ3) is 5.71. The highest BCUT2D eigenvalue weighted by Crippen LogP contribution is 2.43. The van der Waals surface area contributed by atoms with Crippen LogP contribution in [0.15, 0.2) is 60.7 Å². The first-order valence-electron chi connectivity index (χ1n) is 13.8. The van der Waals surface area contributed by atoms with E-state index in [-0.39, 0.29) is 13.2 Å². The predicted molar refractivity (Wildman–Crippen MR) is 139 cm³/mol. The number of fused-ring (bicyclic) bond motifs is 2. The van der Waals surface area contributed by atoms with Gasteiger partial charge in [0.05, 0.1) is 13.2 Å². The zero-order valence-corrected chi connectivity index (χ0v) is 23.1. The third-order valence-electron chi connectivity index (χ3n) is 7.65. The highest BCUT2D eigenvalue weighted by atomic mass is 16.9. The molecule has 0 spiro atoms. The maximum Gasteiger partial charge on any atom is 0.190 e. The number of ether oxygens (including phenoxy) is 8. The quantitative estimate of drug-likeness (QED) is 0.476. The van der Waals surface area contributed by atoms with Gasteiger partial charge in [-0.2, -0.15) is 0 Å². The Kier molecular flexibility index (Phi) is 7.77. The summed E-state index contributed by atoms with van der Waals surface area (Å²) in [5, 5.41) is 23.0. The van der Waals surface area contributed by atoms with Gasteiger partial charge >= 0.3 is 0 Å². The zero-order valence-electron chi connectivity index (χ0n) is 23.1. The van der Waals surface area contributed by atoms with Gasteiger partial charge in [0.1, 0.15) is 48.8 Å². The van der Waals surface area contributed by atoms with E-state index in [4.69, 9.17) is 37.9 Å². The van der Waals surface area contributed by atoms with Crippen LogP contribution in [0.1, 0.15) is 38.8 Å². The molecule has 0 radical (unpaired) electrons. The van der Waals surface area contributed by atoms with Crippen LogP contribution in [0.5, 0.6) is 0 Å². The number of hydrogen-bond acceptors (Lipinski definition) is 10. The molecule has 4 aliphatic rings. The molecule has 0 aliphatic carbocycles. The summed E-state index contributed by atoms with van der Waals surface area (Å²) in [5.74, 6) is -1.75. The van der Waals surface area contributed by atoms with Crippen molar-refractivity contribution in [2.24, 2.45) is 0 Å². The van der Waals surface area contributed by atoms with Crippen molar-refractivity contribution in [1.82, 2.24) is 0 Å². The second-order valence-electron chi connectivity index (χ2n) is 11.6. The lowest BCUT2D eigenvalue weighted by atomic mass is 9.94. The molecule has 4 fully saturated rings. The van der Waals surface area contributed by atoms with Gasteiger partial charge in [-0.05, 0) is 38.8 Å². The third-order valence-corrected chi connectivity index (χ3v) is 7.65. The minimum Gasteiger partial charge on any atom is -0.387 e. The van der Waals surface area contributed by atoms with Crippen molar-refractivity contribution in [2.45, 2.75) is 114 Å². The van der Waals surface area contributed by atoms with Crippen LogP contribution < -0.4 is 0 Å². The molecule has 0 saturated carbocycles. The van der Waals surface area contributed by atoms with Gasteiger partial charge in [0.2, 0.25) is 0 Å². The van der Waals surface area contributed by atoms with Crippen LogP contribution in [0.3, 0.4) is 0 Å². The van der Waals surface area contributed by atoms with Crippen molar-refractivity contribution in [1.29, 1.82) is 0 Å². The Hall–Kier alpha value is -1.96. The molecule has 6 rings (SSSR count). The molecule has 10 atom stereocenters. The van der Waals surface area contributed by atoms with Crippen molar-refractivity contribution in [3.05, 3.63) is 71.8 Å². The Balaban J connectivity index is 1.20. The Bertz CT molecular complexity index is 1040. The average molecular weight is 559 g/mol. The summed E-state index contributed by atoms with van der Waals surface area (Å²) in [5.41, 5.74) is 1.91. The normalized spacial score (nSPS) is 37.2. The molecule has 218 valence electrons. The number of aliphatic hydroxyl groups is 2. The molecule has 10 heteroatoms. The maximum absolute atomic E-state index is 11.5. The molecular weight excluding hydrogens is 520 g/mol. The van der Waals surface area contributed by atoms with Gasteiger partial charge in [-0.1, -0.05) is 60.7 Å². The first-order chi connectivity index (χ1) is 19.1. The Morgan fingerprint density at radius 1 is 0.625 bits per heavy atom. The van der Waals surface area contributed by atoms with Crippen molar-refractivity contribution < 1.29 is 48.1 Å². The largest absolute Gasteiger partial charge is 0.387 e. The summed E-state index contributed by atoms with van der Waals surface area (Å²) in [7, 11) is 0. The van der Waals surface area contributed by atoms with Gasteiger partial charge in [-0.3, -0.25) is 0 Å². The molecular formula is C30H38O10. The maximum atomic E-state index is 11.5. The monoisotopic (exact) mass is 558 g/mol. The number of rotatable bonds is 9. The van der Waals surface area contributed by atoms with Gasteiger partial charge in [0.25, 0.3) is 0 Å². The Morgan fingerprint density at radius 2 is 1.00 bits per heavy atom. The van der Waals surface area contributed by atoms with Gasteiger partial charge < -0.3 is 48.1 Å². The van der Waals surface area contributed by atoms with Crippen LogP contribution in [-0.2, 0) is 51.1 Å². The second-order valence-corrected chi connectivity index (χ2v) is 11.6. The fourth-order valence-corrected chi connectivity index (χ4v) is 5.86. The fourth-order valence-electron chi connectivity index (χ4n) is 5.86. The van der Waals surface area contributed by atoms with E-state index in [2.05, 4.69) is 0 Å². The van der Waals surface area contributed by atoms with Crippen LogP contribution in [0.25, 0.3) is 0 Å². The van der Waals surface area contributed by atoms with Crippen molar-refractivity contribution >= 4 is 0 Å². The highest BCUT2D eigenvalue weighted by Gasteiger charge is 2.62. The SMILES string of the molecule is CC1(C)O[C@H]2O[C@H]([C@@H](O)[C@H](O)[C@H]3O[C@@H]4OC(C)(C)O[C@@H]4[C@@H]3OCc3ccccc3)[C@@H](OCc3ccccc3)[C@H]2O1. The Labute approximate surface area is 234 Å². The summed E-state index contributed by atoms with van der Waals surface area (Å²) < 4.78 is 48.8. The lowest BCUT2D eigenvalue weighted by Crippen LogP contribution is -2.54. The second kappa shape index (κ2) is 11.0. The summed E-state index contributed by atoms with van der Waals surface area (Å²) in [4.78, 5) is 0. The van der Waals surface area contributed by atoms with Crippen LogP contribution in [0.4, 0.5) is 0 Å². The minimum atomic E-state index is -1.42. The predicted octanol–water partition coefficient (Wildman–Crippen LogP) is 2.63. The molecule has 0 amide bonds. The van der Waals surface area contributed by atoms with Gasteiger partial charge in [0.15, 0.2) is 24.2 Å². The smallest absolute Gasteiger partial charge is 0.190 e. The standard InChI is InChI=1S/C30H38O10/c1-29(2)37-25-23(33-15-17-11-7-5-8-12-17)21(35-27(25)39-29)19(31)20(32)22-24(34-16-18-13-9-6-10-14-18)26-28(36-22)40-30(3,4)38-26/h5-14,19-28,31-32H,15-16H2,1-4H3/t19-,20-,21+,22+,23+,24+,25+,26+,27+,28+/m0/s1. The molecule has 2 N–H and O–H groups in total. The van der Waals surface area contributed by atoms with E-state index in [0.29, 0.717) is 0 Å². The van der Waals surface area contributed by atoms with Gasteiger partial charge in [-0.15, -0.1) is 0 Å². The number of benzene rings is 2. The van der Waals surface area contributed by atoms with E-state index in [1.54, 1.807) is 27.7 Å². The van der Waals surface area contributed by atoms with E-state index < -0.39 is 73.0 Å². The van der Waals surface area contributed by atoms with E-state index >= 15 is 0 Å². The van der Waals surface area contributed by atoms with Gasteiger partial charge in [-0.25, -0.2) is 0 Å². The summed E-state index contributed by atoms with van der Waals surface area (Å²) in [6, 6.07) is 19.4. The molecule has 10 nitrogen and oxygen atoms in total. The van der Waals surface area contributed by atoms with E-state index in [1.807, 2.05) is 60.7 Å². The molecule has 4 aliphatic heterocycles. The molecule has 4 heterocycles. The van der Waals surface area contributed by atoms with E-state index in [9.17, 15) is 10.2 Å². The minimum absolute atomic E-state index is 0.269. The van der Waals surface area contributed by atoms with E-state index in [1.165, 1.54) is 0 Å². The fraction of sp³-hybridized carbons (Fsp3) is 0.600. The molecule has 40 heavy (non-hydrogen) atoms. The topological polar surface area (TPSA) is 114 Å². The molecule has 0 bridgehead atoms. The molecule has 2 aromatic carbocycles. The van der Waals surface area contributed by atoms with Gasteiger partial charge in [0, 0.05) is 0 Å². The molecule has 2 aromatic rings. The average Bonchev–Trinajstić information content (AvgIpc) is 3.61. The highest BCUT2D eigenvalue weighted by molar-refractivity contribution is 5.15. The van der Waals surface area contributed by atoms with Crippen molar-refractivity contribution in [3.63, 3.8) is 0 Å². The zero-order chi connectivity index (χ0) is 28.1. The molecule has 0 unspecified atom stereocenters.